The summed E-state index contributed by atoms with van der Waals surface area (Å²) >= 11 is 16.1. The second-order valence-electron chi connectivity index (χ2n) is 3.92. The Labute approximate surface area is 121 Å². The molecule has 1 aromatic rings. The molecule has 2 atom stereocenters. The molecule has 2 unspecified atom stereocenters. The lowest BCUT2D eigenvalue weighted by Gasteiger charge is -2.29. The molecule has 0 amide bonds. The Balaban J connectivity index is 2.18. The fourth-order valence-corrected chi connectivity index (χ4v) is 5.19. The summed E-state index contributed by atoms with van der Waals surface area (Å²) in [6.45, 7) is 0. The quantitative estimate of drug-likeness (QED) is 0.903. The van der Waals surface area contributed by atoms with Gasteiger partial charge < -0.3 is 5.32 Å². The number of thioether (sulfide) groups is 2. The third-order valence-electron chi connectivity index (χ3n) is 2.83. The molecule has 2 rings (SSSR count). The van der Waals surface area contributed by atoms with E-state index >= 15 is 0 Å². The minimum Gasteiger partial charge on any atom is -0.312 e. The topological polar surface area (TPSA) is 12.0 Å². The van der Waals surface area contributed by atoms with Crippen LogP contribution in [0.1, 0.15) is 11.6 Å². The standard InChI is InChI=1S/C12H15Cl2NS2/c1-15-12(11-7-16-4-5-17-11)8-2-3-9(13)10(14)6-8/h2-3,6,11-12,15H,4-5,7H2,1H3. The Hall–Kier alpha value is 0.460. The van der Waals surface area contributed by atoms with E-state index in [9.17, 15) is 0 Å². The van der Waals surface area contributed by atoms with Gasteiger partial charge in [0.05, 0.1) is 10.0 Å². The molecule has 1 aromatic carbocycles. The van der Waals surface area contributed by atoms with Crippen molar-refractivity contribution in [3.63, 3.8) is 0 Å². The van der Waals surface area contributed by atoms with Crippen molar-refractivity contribution in [2.45, 2.75) is 11.3 Å². The Morgan fingerprint density at radius 3 is 2.71 bits per heavy atom. The van der Waals surface area contributed by atoms with E-state index in [-0.39, 0.29) is 0 Å². The molecule has 0 bridgehead atoms. The van der Waals surface area contributed by atoms with Crippen LogP contribution in [0.25, 0.3) is 0 Å². The highest BCUT2D eigenvalue weighted by molar-refractivity contribution is 8.06. The van der Waals surface area contributed by atoms with Gasteiger partial charge in [0.1, 0.15) is 0 Å². The molecule has 0 aliphatic carbocycles. The summed E-state index contributed by atoms with van der Waals surface area (Å²) < 4.78 is 0. The zero-order valence-electron chi connectivity index (χ0n) is 9.58. The normalized spacial score (nSPS) is 22.4. The number of benzene rings is 1. The summed E-state index contributed by atoms with van der Waals surface area (Å²) in [7, 11) is 2.01. The maximum Gasteiger partial charge on any atom is 0.0595 e. The van der Waals surface area contributed by atoms with Crippen LogP contribution in [-0.2, 0) is 0 Å². The van der Waals surface area contributed by atoms with Crippen molar-refractivity contribution >= 4 is 46.7 Å². The first kappa shape index (κ1) is 13.9. The number of hydrogen-bond acceptors (Lipinski definition) is 3. The molecule has 0 aromatic heterocycles. The van der Waals surface area contributed by atoms with E-state index in [4.69, 9.17) is 23.2 Å². The van der Waals surface area contributed by atoms with Gasteiger partial charge in [-0.3, -0.25) is 0 Å². The van der Waals surface area contributed by atoms with E-state index < -0.39 is 0 Å². The van der Waals surface area contributed by atoms with Crippen molar-refractivity contribution in [3.8, 4) is 0 Å². The van der Waals surface area contributed by atoms with Crippen LogP contribution >= 0.6 is 46.7 Å². The van der Waals surface area contributed by atoms with Gasteiger partial charge in [-0.2, -0.15) is 23.5 Å². The average Bonchev–Trinajstić information content (AvgIpc) is 2.36. The van der Waals surface area contributed by atoms with Gasteiger partial charge in [-0.1, -0.05) is 29.3 Å². The summed E-state index contributed by atoms with van der Waals surface area (Å²) in [4.78, 5) is 0. The highest BCUT2D eigenvalue weighted by Gasteiger charge is 2.25. The zero-order chi connectivity index (χ0) is 12.3. The second kappa shape index (κ2) is 6.58. The van der Waals surface area contributed by atoms with Gasteiger partial charge in [-0.15, -0.1) is 0 Å². The Bertz CT molecular complexity index is 381. The predicted octanol–water partition coefficient (Wildman–Crippen LogP) is 4.10. The largest absolute Gasteiger partial charge is 0.312 e. The molecule has 17 heavy (non-hydrogen) atoms. The van der Waals surface area contributed by atoms with Crippen molar-refractivity contribution in [2.24, 2.45) is 0 Å². The van der Waals surface area contributed by atoms with Crippen molar-refractivity contribution < 1.29 is 0 Å². The summed E-state index contributed by atoms with van der Waals surface area (Å²) in [6, 6.07) is 6.27. The number of hydrogen-bond donors (Lipinski definition) is 1. The van der Waals surface area contributed by atoms with Gasteiger partial charge in [-0.25, -0.2) is 0 Å². The highest BCUT2D eigenvalue weighted by Crippen LogP contribution is 2.35. The number of nitrogens with one attached hydrogen (secondary N) is 1. The smallest absolute Gasteiger partial charge is 0.0595 e. The van der Waals surface area contributed by atoms with E-state index in [1.54, 1.807) is 0 Å². The molecule has 5 heteroatoms. The minimum absolute atomic E-state index is 0.350. The first-order valence-electron chi connectivity index (χ1n) is 5.54. The lowest BCUT2D eigenvalue weighted by atomic mass is 10.0. The van der Waals surface area contributed by atoms with Gasteiger partial charge in [0.15, 0.2) is 0 Å². The van der Waals surface area contributed by atoms with Crippen molar-refractivity contribution in [1.29, 1.82) is 0 Å². The molecular formula is C12H15Cl2NS2. The monoisotopic (exact) mass is 307 g/mol. The van der Waals surface area contributed by atoms with Gasteiger partial charge in [-0.05, 0) is 24.7 Å². The van der Waals surface area contributed by atoms with Gasteiger partial charge in [0.25, 0.3) is 0 Å². The maximum absolute atomic E-state index is 6.08. The van der Waals surface area contributed by atoms with Gasteiger partial charge in [0.2, 0.25) is 0 Å². The van der Waals surface area contributed by atoms with E-state index in [2.05, 4.69) is 11.4 Å². The van der Waals surface area contributed by atoms with Crippen molar-refractivity contribution in [2.75, 3.05) is 24.3 Å². The summed E-state index contributed by atoms with van der Waals surface area (Å²) in [6.07, 6.45) is 0. The summed E-state index contributed by atoms with van der Waals surface area (Å²) in [5.74, 6) is 3.68. The van der Waals surface area contributed by atoms with Crippen LogP contribution in [0.3, 0.4) is 0 Å². The first-order chi connectivity index (χ1) is 8.22. The highest BCUT2D eigenvalue weighted by atomic mass is 35.5. The van der Waals surface area contributed by atoms with Crippen LogP contribution in [0.2, 0.25) is 10.0 Å². The summed E-state index contributed by atoms with van der Waals surface area (Å²) in [5.41, 5.74) is 1.22. The number of rotatable bonds is 3. The molecule has 0 spiro atoms. The fraction of sp³-hybridized carbons (Fsp3) is 0.500. The molecule has 0 radical (unpaired) electrons. The first-order valence-corrected chi connectivity index (χ1v) is 8.50. The van der Waals surface area contributed by atoms with E-state index in [1.807, 2.05) is 42.7 Å². The molecule has 1 heterocycles. The predicted molar refractivity (Wildman–Crippen MR) is 81.8 cm³/mol. The Morgan fingerprint density at radius 1 is 1.29 bits per heavy atom. The lowest BCUT2D eigenvalue weighted by molar-refractivity contribution is 0.592. The van der Waals surface area contributed by atoms with Crippen molar-refractivity contribution in [3.05, 3.63) is 33.8 Å². The van der Waals surface area contributed by atoms with Gasteiger partial charge in [0, 0.05) is 28.6 Å². The van der Waals surface area contributed by atoms with Crippen molar-refractivity contribution in [1.82, 2.24) is 5.32 Å². The second-order valence-corrected chi connectivity index (χ2v) is 7.24. The third kappa shape index (κ3) is 3.48. The van der Waals surface area contributed by atoms with E-state index in [1.165, 1.54) is 22.8 Å². The van der Waals surface area contributed by atoms with Crippen LogP contribution in [0.15, 0.2) is 18.2 Å². The SMILES string of the molecule is CNC(c1ccc(Cl)c(Cl)c1)C1CSCCS1. The molecule has 1 nitrogen and oxygen atoms in total. The number of halogens is 2. The summed E-state index contributed by atoms with van der Waals surface area (Å²) in [5, 5.41) is 5.26. The van der Waals surface area contributed by atoms with Crippen LogP contribution in [0, 0.1) is 0 Å². The fourth-order valence-electron chi connectivity index (χ4n) is 1.97. The van der Waals surface area contributed by atoms with Crippen LogP contribution in [0.4, 0.5) is 0 Å². The Morgan fingerprint density at radius 2 is 2.12 bits per heavy atom. The van der Waals surface area contributed by atoms with Crippen LogP contribution in [0.5, 0.6) is 0 Å². The molecule has 1 fully saturated rings. The lowest BCUT2D eigenvalue weighted by Crippen LogP contribution is -2.31. The molecule has 94 valence electrons. The van der Waals surface area contributed by atoms with Gasteiger partial charge >= 0.3 is 0 Å². The third-order valence-corrected chi connectivity index (χ3v) is 6.43. The van der Waals surface area contributed by atoms with Crippen LogP contribution < -0.4 is 5.32 Å². The molecule has 0 saturated carbocycles. The molecule has 1 saturated heterocycles. The molecule has 1 aliphatic rings. The zero-order valence-corrected chi connectivity index (χ0v) is 12.7. The molecular weight excluding hydrogens is 293 g/mol. The molecule has 1 aliphatic heterocycles. The van der Waals surface area contributed by atoms with E-state index in [0.717, 1.165) is 0 Å². The maximum atomic E-state index is 6.08. The average molecular weight is 308 g/mol. The minimum atomic E-state index is 0.350. The van der Waals surface area contributed by atoms with E-state index in [0.29, 0.717) is 21.3 Å². The molecule has 1 N–H and O–H groups in total. The van der Waals surface area contributed by atoms with Crippen LogP contribution in [-0.4, -0.2) is 29.6 Å². The Kier molecular flexibility index (Phi) is 5.37.